The van der Waals surface area contributed by atoms with E-state index in [-0.39, 0.29) is 11.1 Å². The Morgan fingerprint density at radius 1 is 0.971 bits per heavy atom. The minimum atomic E-state index is -0.923. The van der Waals surface area contributed by atoms with Crippen molar-refractivity contribution >= 4 is 23.4 Å². The van der Waals surface area contributed by atoms with Crippen molar-refractivity contribution in [1.82, 2.24) is 14.9 Å². The fraction of sp³-hybridized carbons (Fsp3) is 0.308. The highest BCUT2D eigenvalue weighted by Crippen LogP contribution is 2.51. The van der Waals surface area contributed by atoms with Gasteiger partial charge in [0.15, 0.2) is 0 Å². The van der Waals surface area contributed by atoms with Crippen LogP contribution in [0.1, 0.15) is 41.3 Å². The van der Waals surface area contributed by atoms with Gasteiger partial charge in [0.05, 0.1) is 24.3 Å². The maximum absolute atomic E-state index is 12.7. The van der Waals surface area contributed by atoms with E-state index in [2.05, 4.69) is 4.98 Å². The molecule has 4 heterocycles. The molecule has 5 rings (SSSR count). The lowest BCUT2D eigenvalue weighted by molar-refractivity contribution is -0.126. The maximum atomic E-state index is 12.7. The van der Waals surface area contributed by atoms with E-state index in [1.165, 1.54) is 0 Å². The highest BCUT2D eigenvalue weighted by molar-refractivity contribution is 6.29. The van der Waals surface area contributed by atoms with Gasteiger partial charge in [0.1, 0.15) is 5.15 Å². The summed E-state index contributed by atoms with van der Waals surface area (Å²) in [7, 11) is 0. The third-order valence-corrected chi connectivity index (χ3v) is 6.85. The summed E-state index contributed by atoms with van der Waals surface area (Å²) in [5.41, 5.74) is 8.42. The minimum Gasteiger partial charge on any atom is -0.420 e. The van der Waals surface area contributed by atoms with Crippen molar-refractivity contribution in [1.29, 1.82) is 0 Å². The van der Waals surface area contributed by atoms with E-state index in [0.29, 0.717) is 49.3 Å². The fourth-order valence-electron chi connectivity index (χ4n) is 4.56. The van der Waals surface area contributed by atoms with Crippen molar-refractivity contribution in [3.63, 3.8) is 0 Å². The number of benzene rings is 1. The van der Waals surface area contributed by atoms with E-state index in [4.69, 9.17) is 31.8 Å². The fourth-order valence-corrected chi connectivity index (χ4v) is 4.69. The highest BCUT2D eigenvalue weighted by Gasteiger charge is 2.43. The molecule has 2 amide bonds. The number of fused-ring (bicyclic) bond motifs is 2. The summed E-state index contributed by atoms with van der Waals surface area (Å²) >= 11 is 6.11. The highest BCUT2D eigenvalue weighted by atomic mass is 35.5. The van der Waals surface area contributed by atoms with Crippen molar-refractivity contribution in [2.45, 2.75) is 19.8 Å². The van der Waals surface area contributed by atoms with Gasteiger partial charge in [0.2, 0.25) is 17.7 Å². The number of amides is 2. The topological polar surface area (TPSA) is 108 Å². The van der Waals surface area contributed by atoms with Gasteiger partial charge in [-0.25, -0.2) is 9.97 Å². The number of carbonyl (C=O) groups excluding carboxylic acids is 2. The number of pyridine rings is 2. The summed E-state index contributed by atoms with van der Waals surface area (Å²) in [5.74, 6) is -0.213. The van der Waals surface area contributed by atoms with E-state index < -0.39 is 17.2 Å². The van der Waals surface area contributed by atoms with E-state index in [9.17, 15) is 9.59 Å². The van der Waals surface area contributed by atoms with Crippen molar-refractivity contribution in [2.24, 2.45) is 11.1 Å². The number of nitrogens with zero attached hydrogens (tertiary/aromatic N) is 3. The van der Waals surface area contributed by atoms with E-state index in [1.54, 1.807) is 43.0 Å². The van der Waals surface area contributed by atoms with Crippen LogP contribution in [0.2, 0.25) is 5.15 Å². The number of hydrogen-bond donors (Lipinski definition) is 1. The Hall–Kier alpha value is -3.49. The smallest absolute Gasteiger partial charge is 0.254 e. The Bertz CT molecular complexity index is 1300. The molecule has 2 aliphatic rings. The molecule has 1 saturated heterocycles. The van der Waals surface area contributed by atoms with Gasteiger partial charge in [-0.15, -0.1) is 0 Å². The van der Waals surface area contributed by atoms with Crippen LogP contribution in [-0.2, 0) is 9.53 Å². The lowest BCUT2D eigenvalue weighted by Gasteiger charge is -2.36. The molecule has 1 unspecified atom stereocenters. The maximum Gasteiger partial charge on any atom is 0.254 e. The van der Waals surface area contributed by atoms with Crippen LogP contribution in [0, 0.1) is 5.41 Å². The molecule has 0 aliphatic carbocycles. The van der Waals surface area contributed by atoms with Crippen LogP contribution in [-0.4, -0.2) is 53.0 Å². The summed E-state index contributed by atoms with van der Waals surface area (Å²) in [6, 6.07) is 14.6. The summed E-state index contributed by atoms with van der Waals surface area (Å²) in [4.78, 5) is 36.0. The molecule has 8 nitrogen and oxygen atoms in total. The lowest BCUT2D eigenvalue weighted by atomic mass is 9.70. The van der Waals surface area contributed by atoms with Gasteiger partial charge in [-0.05, 0) is 30.3 Å². The molecule has 1 atom stereocenters. The molecular weight excluding hydrogens is 468 g/mol. The number of carbonyl (C=O) groups is 2. The predicted octanol–water partition coefficient (Wildman–Crippen LogP) is 4.02. The number of primary amides is 1. The summed E-state index contributed by atoms with van der Waals surface area (Å²) in [6.07, 6.45) is 0. The zero-order chi connectivity index (χ0) is 24.7. The first kappa shape index (κ1) is 23.3. The minimum absolute atomic E-state index is 0.0160. The third kappa shape index (κ3) is 4.24. The van der Waals surface area contributed by atoms with Gasteiger partial charge < -0.3 is 20.1 Å². The standard InChI is InChI=1S/C26H25ClN4O4/c1-26(2,25(28)33)21-17-7-9-19(29-22(17)35-23-18(21)8-10-20(27)30-23)15-3-5-16(6-4-15)24(32)31-11-13-34-14-12-31/h3-10,21H,11-14H2,1-2H3,(H2,28,33). The van der Waals surface area contributed by atoms with Crippen LogP contribution in [0.15, 0.2) is 48.5 Å². The average molecular weight is 493 g/mol. The van der Waals surface area contributed by atoms with Crippen molar-refractivity contribution in [3.8, 4) is 23.0 Å². The number of nitrogens with two attached hydrogens (primary N) is 1. The molecule has 1 aromatic carbocycles. The van der Waals surface area contributed by atoms with Crippen LogP contribution in [0.3, 0.4) is 0 Å². The molecule has 0 radical (unpaired) electrons. The van der Waals surface area contributed by atoms with E-state index in [0.717, 1.165) is 16.7 Å². The van der Waals surface area contributed by atoms with Crippen LogP contribution in [0.4, 0.5) is 0 Å². The molecule has 180 valence electrons. The molecule has 0 saturated carbocycles. The zero-order valence-corrected chi connectivity index (χ0v) is 20.2. The molecule has 2 aromatic heterocycles. The van der Waals surface area contributed by atoms with Crippen LogP contribution in [0.5, 0.6) is 11.8 Å². The number of halogens is 1. The molecule has 35 heavy (non-hydrogen) atoms. The summed E-state index contributed by atoms with van der Waals surface area (Å²) in [6.45, 7) is 5.88. The Balaban J connectivity index is 1.49. The number of rotatable bonds is 4. The molecule has 9 heteroatoms. The van der Waals surface area contributed by atoms with Gasteiger partial charge >= 0.3 is 0 Å². The second kappa shape index (κ2) is 8.94. The predicted molar refractivity (Wildman–Crippen MR) is 131 cm³/mol. The number of hydrogen-bond acceptors (Lipinski definition) is 6. The molecule has 0 spiro atoms. The number of aromatic nitrogens is 2. The molecule has 3 aromatic rings. The SMILES string of the molecule is CC(C)(C(N)=O)C1c2ccc(Cl)nc2Oc2nc(-c3ccc(C(=O)N4CCOCC4)cc3)ccc21. The van der Waals surface area contributed by atoms with Crippen molar-refractivity contribution < 1.29 is 19.1 Å². The van der Waals surface area contributed by atoms with E-state index >= 15 is 0 Å². The summed E-state index contributed by atoms with van der Waals surface area (Å²) in [5, 5.41) is 0.277. The Labute approximate surface area is 208 Å². The molecular formula is C26H25ClN4O4. The van der Waals surface area contributed by atoms with E-state index in [1.807, 2.05) is 24.3 Å². The molecule has 2 aliphatic heterocycles. The second-order valence-electron chi connectivity index (χ2n) is 9.22. The molecule has 0 bridgehead atoms. The lowest BCUT2D eigenvalue weighted by Crippen LogP contribution is -2.40. The number of ether oxygens (including phenoxy) is 2. The van der Waals surface area contributed by atoms with Crippen molar-refractivity contribution in [3.05, 3.63) is 70.4 Å². The van der Waals surface area contributed by atoms with Gasteiger partial charge in [-0.3, -0.25) is 9.59 Å². The average Bonchev–Trinajstić information content (AvgIpc) is 2.86. The normalized spacial score (nSPS) is 17.2. The monoisotopic (exact) mass is 492 g/mol. The largest absolute Gasteiger partial charge is 0.420 e. The quantitative estimate of drug-likeness (QED) is 0.551. The zero-order valence-electron chi connectivity index (χ0n) is 19.5. The van der Waals surface area contributed by atoms with Gasteiger partial charge in [-0.1, -0.05) is 43.6 Å². The second-order valence-corrected chi connectivity index (χ2v) is 9.61. The summed E-state index contributed by atoms with van der Waals surface area (Å²) < 4.78 is 11.4. The first-order chi connectivity index (χ1) is 16.8. The van der Waals surface area contributed by atoms with Crippen molar-refractivity contribution in [2.75, 3.05) is 26.3 Å². The van der Waals surface area contributed by atoms with Crippen LogP contribution < -0.4 is 10.5 Å². The van der Waals surface area contributed by atoms with Gasteiger partial charge in [-0.2, -0.15) is 0 Å². The first-order valence-corrected chi connectivity index (χ1v) is 11.8. The number of morpholine rings is 1. The van der Waals surface area contributed by atoms with Crippen LogP contribution in [0.25, 0.3) is 11.3 Å². The molecule has 1 fully saturated rings. The van der Waals surface area contributed by atoms with Gasteiger partial charge in [0.25, 0.3) is 5.91 Å². The van der Waals surface area contributed by atoms with Gasteiger partial charge in [0, 0.05) is 41.3 Å². The molecule has 2 N–H and O–H groups in total. The first-order valence-electron chi connectivity index (χ1n) is 11.4. The Morgan fingerprint density at radius 3 is 2.26 bits per heavy atom. The third-order valence-electron chi connectivity index (χ3n) is 6.64. The Kier molecular flexibility index (Phi) is 5.94. The Morgan fingerprint density at radius 2 is 1.60 bits per heavy atom. The van der Waals surface area contributed by atoms with Crippen LogP contribution >= 0.6 is 11.6 Å².